The third-order valence-corrected chi connectivity index (χ3v) is 2.93. The standard InChI is InChI=1S/C4H7NS3.Zn/c6-4(7)3-5-1-2-8-3;/h3,5H,1-2H2,(H,6,7);. The van der Waals surface area contributed by atoms with Crippen LogP contribution in [0.4, 0.5) is 0 Å². The molecule has 1 aliphatic rings. The van der Waals surface area contributed by atoms with Gasteiger partial charge in [-0.15, -0.1) is 24.4 Å². The molecule has 0 aliphatic carbocycles. The van der Waals surface area contributed by atoms with E-state index >= 15 is 0 Å². The van der Waals surface area contributed by atoms with Crippen LogP contribution in [0.25, 0.3) is 0 Å². The van der Waals surface area contributed by atoms with Gasteiger partial charge < -0.3 is 0 Å². The Labute approximate surface area is 82.9 Å². The van der Waals surface area contributed by atoms with Crippen molar-refractivity contribution in [1.82, 2.24) is 5.32 Å². The predicted octanol–water partition coefficient (Wildman–Crippen LogP) is 0.904. The average molecular weight is 231 g/mol. The molecule has 1 N–H and O–H groups in total. The van der Waals surface area contributed by atoms with Crippen molar-refractivity contribution < 1.29 is 19.5 Å². The second-order valence-corrected chi connectivity index (χ2v) is 3.98. The first-order valence-corrected chi connectivity index (χ1v) is 4.29. The Kier molecular flexibility index (Phi) is 5.86. The average Bonchev–Trinajstić information content (AvgIpc) is 2.12. The zero-order valence-corrected chi connectivity index (χ0v) is 10.5. The molecule has 1 nitrogen and oxygen atoms in total. The smallest absolute Gasteiger partial charge is 0.0950 e. The number of hydrogen-bond donors (Lipinski definition) is 2. The maximum Gasteiger partial charge on any atom is 0.0950 e. The molecule has 1 rings (SSSR count). The second kappa shape index (κ2) is 5.08. The van der Waals surface area contributed by atoms with Crippen LogP contribution in [0.2, 0.25) is 0 Å². The van der Waals surface area contributed by atoms with Gasteiger partial charge in [-0.3, -0.25) is 5.32 Å². The van der Waals surface area contributed by atoms with Crippen LogP contribution in [0.15, 0.2) is 0 Å². The molecule has 1 fully saturated rings. The molecule has 1 unspecified atom stereocenters. The summed E-state index contributed by atoms with van der Waals surface area (Å²) in [4.78, 5) is 0. The summed E-state index contributed by atoms with van der Waals surface area (Å²) in [7, 11) is 0. The SMILES string of the molecule is S=C(S)C1NCCS1.[Zn]. The van der Waals surface area contributed by atoms with Crippen molar-refractivity contribution >= 4 is 40.8 Å². The van der Waals surface area contributed by atoms with Crippen LogP contribution >= 0.6 is 36.6 Å². The van der Waals surface area contributed by atoms with Crippen LogP contribution in [0.1, 0.15) is 0 Å². The van der Waals surface area contributed by atoms with Crippen molar-refractivity contribution in [2.75, 3.05) is 12.3 Å². The molecule has 1 atom stereocenters. The third kappa shape index (κ3) is 3.33. The fraction of sp³-hybridized carbons (Fsp3) is 0.750. The fourth-order valence-electron chi connectivity index (χ4n) is 0.584. The van der Waals surface area contributed by atoms with Gasteiger partial charge >= 0.3 is 0 Å². The summed E-state index contributed by atoms with van der Waals surface area (Å²) >= 11 is 10.7. The minimum atomic E-state index is 0. The molecule has 0 bridgehead atoms. The van der Waals surface area contributed by atoms with Crippen molar-refractivity contribution in [2.45, 2.75) is 5.37 Å². The molecule has 0 spiro atoms. The van der Waals surface area contributed by atoms with Crippen molar-refractivity contribution in [2.24, 2.45) is 0 Å². The Balaban J connectivity index is 0.000000640. The van der Waals surface area contributed by atoms with E-state index in [9.17, 15) is 0 Å². The van der Waals surface area contributed by atoms with Gasteiger partial charge in [0, 0.05) is 31.8 Å². The Morgan fingerprint density at radius 3 is 2.67 bits per heavy atom. The summed E-state index contributed by atoms with van der Waals surface area (Å²) in [5.41, 5.74) is 0. The van der Waals surface area contributed by atoms with Crippen LogP contribution in [0, 0.1) is 0 Å². The number of thiol groups is 1. The van der Waals surface area contributed by atoms with Crippen LogP contribution in [0.3, 0.4) is 0 Å². The monoisotopic (exact) mass is 229 g/mol. The van der Waals surface area contributed by atoms with Crippen molar-refractivity contribution in [3.8, 4) is 0 Å². The number of nitrogens with one attached hydrogen (secondary N) is 1. The molecule has 9 heavy (non-hydrogen) atoms. The first-order valence-electron chi connectivity index (χ1n) is 2.38. The summed E-state index contributed by atoms with van der Waals surface area (Å²) in [5.74, 6) is 1.16. The molecule has 48 valence electrons. The Morgan fingerprint density at radius 2 is 2.44 bits per heavy atom. The van der Waals surface area contributed by atoms with Crippen LogP contribution in [-0.2, 0) is 19.5 Å². The van der Waals surface area contributed by atoms with E-state index in [0.29, 0.717) is 5.37 Å². The van der Waals surface area contributed by atoms with E-state index in [1.165, 1.54) is 0 Å². The van der Waals surface area contributed by atoms with Crippen molar-refractivity contribution in [3.05, 3.63) is 0 Å². The van der Waals surface area contributed by atoms with Gasteiger partial charge in [0.25, 0.3) is 0 Å². The zero-order chi connectivity index (χ0) is 5.98. The first kappa shape index (κ1) is 10.4. The number of hydrogen-bond acceptors (Lipinski definition) is 3. The summed E-state index contributed by atoms with van der Waals surface area (Å²) < 4.78 is 0.771. The van der Waals surface area contributed by atoms with E-state index in [1.54, 1.807) is 0 Å². The van der Waals surface area contributed by atoms with E-state index < -0.39 is 0 Å². The molecule has 1 aliphatic heterocycles. The van der Waals surface area contributed by atoms with E-state index in [0.717, 1.165) is 16.5 Å². The topological polar surface area (TPSA) is 12.0 Å². The Bertz CT molecular complexity index is 102. The van der Waals surface area contributed by atoms with Gasteiger partial charge in [0.2, 0.25) is 0 Å². The summed E-state index contributed by atoms with van der Waals surface area (Å²) in [6.45, 7) is 1.07. The van der Waals surface area contributed by atoms with Gasteiger partial charge in [-0.25, -0.2) is 0 Å². The molecule has 0 aromatic carbocycles. The number of thioether (sulfide) groups is 1. The summed E-state index contributed by atoms with van der Waals surface area (Å²) in [6, 6.07) is 0. The number of thiocarbonyl (C=S) groups is 1. The second-order valence-electron chi connectivity index (χ2n) is 1.54. The Morgan fingerprint density at radius 1 is 1.78 bits per heavy atom. The first-order chi connectivity index (χ1) is 3.80. The fourth-order valence-corrected chi connectivity index (χ4v) is 2.04. The molecule has 0 saturated carbocycles. The van der Waals surface area contributed by atoms with Crippen LogP contribution in [0.5, 0.6) is 0 Å². The van der Waals surface area contributed by atoms with E-state index in [2.05, 4.69) is 17.9 Å². The third-order valence-electron chi connectivity index (χ3n) is 0.941. The number of rotatable bonds is 1. The maximum absolute atomic E-state index is 4.84. The minimum absolute atomic E-state index is 0. The quantitative estimate of drug-likeness (QED) is 0.395. The predicted molar refractivity (Wildman–Crippen MR) is 45.8 cm³/mol. The van der Waals surface area contributed by atoms with Gasteiger partial charge in [-0.1, -0.05) is 12.2 Å². The molecular weight excluding hydrogens is 224 g/mol. The van der Waals surface area contributed by atoms with Crippen molar-refractivity contribution in [1.29, 1.82) is 0 Å². The maximum atomic E-state index is 4.84. The molecule has 0 radical (unpaired) electrons. The van der Waals surface area contributed by atoms with Gasteiger partial charge in [0.1, 0.15) is 0 Å². The normalized spacial score (nSPS) is 25.2. The van der Waals surface area contributed by atoms with Gasteiger partial charge in [0.15, 0.2) is 0 Å². The van der Waals surface area contributed by atoms with E-state index in [-0.39, 0.29) is 19.5 Å². The minimum Gasteiger partial charge on any atom is -0.300 e. The largest absolute Gasteiger partial charge is 0.300 e. The van der Waals surface area contributed by atoms with Gasteiger partial charge in [-0.2, -0.15) is 0 Å². The molecule has 5 heteroatoms. The molecular formula is C4H7NS3Zn. The molecule has 0 aromatic heterocycles. The van der Waals surface area contributed by atoms with Gasteiger partial charge in [-0.05, 0) is 0 Å². The van der Waals surface area contributed by atoms with Crippen molar-refractivity contribution in [3.63, 3.8) is 0 Å². The molecule has 1 heterocycles. The Hall–Kier alpha value is 1.37. The van der Waals surface area contributed by atoms with Gasteiger partial charge in [0.05, 0.1) is 9.57 Å². The van der Waals surface area contributed by atoms with E-state index in [1.807, 2.05) is 11.8 Å². The molecule has 1 saturated heterocycles. The van der Waals surface area contributed by atoms with Crippen LogP contribution < -0.4 is 5.32 Å². The zero-order valence-electron chi connectivity index (χ0n) is 4.96. The van der Waals surface area contributed by atoms with E-state index in [4.69, 9.17) is 12.2 Å². The van der Waals surface area contributed by atoms with Crippen LogP contribution in [-0.4, -0.2) is 21.9 Å². The summed E-state index contributed by atoms with van der Waals surface area (Å²) in [5, 5.41) is 3.53. The molecule has 0 aromatic rings. The summed E-state index contributed by atoms with van der Waals surface area (Å²) in [6.07, 6.45) is 0. The molecule has 0 amide bonds.